The summed E-state index contributed by atoms with van der Waals surface area (Å²) in [6.07, 6.45) is 5.73. The van der Waals surface area contributed by atoms with Gasteiger partial charge in [0, 0.05) is 23.8 Å². The number of aryl methyl sites for hydroxylation is 2. The quantitative estimate of drug-likeness (QED) is 0.776. The van der Waals surface area contributed by atoms with Crippen molar-refractivity contribution in [2.24, 2.45) is 5.73 Å². The lowest BCUT2D eigenvalue weighted by atomic mass is 9.95. The van der Waals surface area contributed by atoms with Crippen LogP contribution < -0.4 is 5.73 Å². The average molecular weight is 276 g/mol. The predicted molar refractivity (Wildman–Crippen MR) is 88.2 cm³/mol. The molecule has 106 valence electrons. The van der Waals surface area contributed by atoms with Crippen LogP contribution in [0.3, 0.4) is 0 Å². The van der Waals surface area contributed by atoms with E-state index >= 15 is 0 Å². The Bertz CT molecular complexity index is 744. The zero-order valence-electron chi connectivity index (χ0n) is 12.3. The zero-order chi connectivity index (χ0) is 14.7. The molecule has 0 saturated carbocycles. The van der Waals surface area contributed by atoms with Gasteiger partial charge >= 0.3 is 0 Å². The largest absolute Gasteiger partial charge is 0.324 e. The Hall–Kier alpha value is -2.19. The Balaban J connectivity index is 1.81. The highest BCUT2D eigenvalue weighted by Crippen LogP contribution is 2.25. The maximum Gasteiger partial charge on any atom is 0.0346 e. The highest BCUT2D eigenvalue weighted by atomic mass is 14.7. The molecule has 3 rings (SSSR count). The second-order valence-corrected chi connectivity index (χ2v) is 5.52. The van der Waals surface area contributed by atoms with Crippen molar-refractivity contribution < 1.29 is 0 Å². The molecule has 0 spiro atoms. The first-order valence-corrected chi connectivity index (χ1v) is 7.38. The lowest BCUT2D eigenvalue weighted by molar-refractivity contribution is 0.652. The Morgan fingerprint density at radius 3 is 2.62 bits per heavy atom. The van der Waals surface area contributed by atoms with Crippen molar-refractivity contribution in [3.05, 3.63) is 77.6 Å². The fraction of sp³-hybridized carbons (Fsp3) is 0.211. The van der Waals surface area contributed by atoms with Gasteiger partial charge in [-0.2, -0.15) is 0 Å². The SMILES string of the molecule is Cc1ccccc1CCC(N)c1cncc2ccccc12. The van der Waals surface area contributed by atoms with E-state index in [9.17, 15) is 0 Å². The number of hydrogen-bond acceptors (Lipinski definition) is 2. The van der Waals surface area contributed by atoms with E-state index in [0.717, 1.165) is 23.8 Å². The van der Waals surface area contributed by atoms with Crippen LogP contribution in [0.15, 0.2) is 60.9 Å². The van der Waals surface area contributed by atoms with Crippen LogP contribution in [0.4, 0.5) is 0 Å². The van der Waals surface area contributed by atoms with Crippen LogP contribution in [0.1, 0.15) is 29.2 Å². The molecular formula is C19H20N2. The van der Waals surface area contributed by atoms with E-state index in [2.05, 4.69) is 54.4 Å². The van der Waals surface area contributed by atoms with E-state index in [1.54, 1.807) is 0 Å². The third-order valence-electron chi connectivity index (χ3n) is 4.08. The number of rotatable bonds is 4. The van der Waals surface area contributed by atoms with Gasteiger partial charge in [-0.1, -0.05) is 48.5 Å². The molecule has 0 aliphatic rings. The van der Waals surface area contributed by atoms with Gasteiger partial charge in [-0.25, -0.2) is 0 Å². The summed E-state index contributed by atoms with van der Waals surface area (Å²) >= 11 is 0. The number of fused-ring (bicyclic) bond motifs is 1. The van der Waals surface area contributed by atoms with Crippen LogP contribution >= 0.6 is 0 Å². The summed E-state index contributed by atoms with van der Waals surface area (Å²) in [6.45, 7) is 2.15. The van der Waals surface area contributed by atoms with Gasteiger partial charge in [-0.15, -0.1) is 0 Å². The topological polar surface area (TPSA) is 38.9 Å². The Labute approximate surface area is 125 Å². The van der Waals surface area contributed by atoms with Gasteiger partial charge < -0.3 is 5.73 Å². The molecule has 0 fully saturated rings. The molecular weight excluding hydrogens is 256 g/mol. The molecule has 0 aliphatic carbocycles. The summed E-state index contributed by atoms with van der Waals surface area (Å²) in [4.78, 5) is 4.33. The molecule has 21 heavy (non-hydrogen) atoms. The Morgan fingerprint density at radius 2 is 1.76 bits per heavy atom. The summed E-state index contributed by atoms with van der Waals surface area (Å²) in [6, 6.07) is 16.8. The van der Waals surface area contributed by atoms with Gasteiger partial charge in [0.05, 0.1) is 0 Å². The molecule has 2 N–H and O–H groups in total. The molecule has 1 unspecified atom stereocenters. The second kappa shape index (κ2) is 6.06. The van der Waals surface area contributed by atoms with Gasteiger partial charge in [-0.05, 0) is 41.8 Å². The second-order valence-electron chi connectivity index (χ2n) is 5.52. The highest BCUT2D eigenvalue weighted by molar-refractivity contribution is 5.85. The van der Waals surface area contributed by atoms with Crippen LogP contribution in [0.25, 0.3) is 10.8 Å². The number of aromatic nitrogens is 1. The third kappa shape index (κ3) is 2.96. The number of benzene rings is 2. The summed E-state index contributed by atoms with van der Waals surface area (Å²) in [7, 11) is 0. The molecule has 0 amide bonds. The molecule has 3 aromatic rings. The Kier molecular flexibility index (Phi) is 3.98. The van der Waals surface area contributed by atoms with Crippen molar-refractivity contribution in [3.8, 4) is 0 Å². The van der Waals surface area contributed by atoms with Crippen LogP contribution in [0, 0.1) is 6.92 Å². The van der Waals surface area contributed by atoms with E-state index in [1.165, 1.54) is 16.5 Å². The predicted octanol–water partition coefficient (Wildman–Crippen LogP) is 4.18. The fourth-order valence-electron chi connectivity index (χ4n) is 2.79. The molecule has 1 aromatic heterocycles. The maximum absolute atomic E-state index is 6.42. The first kappa shape index (κ1) is 13.8. The number of pyridine rings is 1. The molecule has 0 radical (unpaired) electrons. The first-order chi connectivity index (χ1) is 10.3. The molecule has 2 aromatic carbocycles. The summed E-state index contributed by atoms with van der Waals surface area (Å²) in [5.74, 6) is 0. The molecule has 0 saturated heterocycles. The molecule has 1 atom stereocenters. The van der Waals surface area contributed by atoms with Gasteiger partial charge in [0.1, 0.15) is 0 Å². The van der Waals surface area contributed by atoms with E-state index in [-0.39, 0.29) is 6.04 Å². The molecule has 0 aliphatic heterocycles. The van der Waals surface area contributed by atoms with Crippen molar-refractivity contribution in [2.75, 3.05) is 0 Å². The standard InChI is InChI=1S/C19H20N2/c1-14-6-2-3-7-15(14)10-11-19(20)18-13-21-12-16-8-4-5-9-17(16)18/h2-9,12-13,19H,10-11,20H2,1H3. The normalized spacial score (nSPS) is 12.5. The summed E-state index contributed by atoms with van der Waals surface area (Å²) in [5, 5.41) is 2.37. The Morgan fingerprint density at radius 1 is 1.00 bits per heavy atom. The maximum atomic E-state index is 6.42. The van der Waals surface area contributed by atoms with E-state index in [4.69, 9.17) is 5.73 Å². The van der Waals surface area contributed by atoms with Crippen molar-refractivity contribution in [1.82, 2.24) is 4.98 Å². The first-order valence-electron chi connectivity index (χ1n) is 7.38. The fourth-order valence-corrected chi connectivity index (χ4v) is 2.79. The van der Waals surface area contributed by atoms with Gasteiger partial charge in [0.25, 0.3) is 0 Å². The zero-order valence-corrected chi connectivity index (χ0v) is 12.3. The lowest BCUT2D eigenvalue weighted by Gasteiger charge is -2.15. The third-order valence-corrected chi connectivity index (χ3v) is 4.08. The number of nitrogens with two attached hydrogens (primary N) is 1. The van der Waals surface area contributed by atoms with Gasteiger partial charge in [0.2, 0.25) is 0 Å². The van der Waals surface area contributed by atoms with E-state index < -0.39 is 0 Å². The van der Waals surface area contributed by atoms with Crippen LogP contribution in [-0.2, 0) is 6.42 Å². The minimum Gasteiger partial charge on any atom is -0.324 e. The molecule has 1 heterocycles. The minimum atomic E-state index is 0.0169. The van der Waals surface area contributed by atoms with E-state index in [1.807, 2.05) is 18.5 Å². The lowest BCUT2D eigenvalue weighted by Crippen LogP contribution is -2.12. The molecule has 2 heteroatoms. The minimum absolute atomic E-state index is 0.0169. The van der Waals surface area contributed by atoms with E-state index in [0.29, 0.717) is 0 Å². The van der Waals surface area contributed by atoms with Gasteiger partial charge in [-0.3, -0.25) is 4.98 Å². The summed E-state index contributed by atoms with van der Waals surface area (Å²) in [5.41, 5.74) is 10.3. The van der Waals surface area contributed by atoms with Crippen LogP contribution in [0.5, 0.6) is 0 Å². The van der Waals surface area contributed by atoms with Crippen molar-refractivity contribution >= 4 is 10.8 Å². The number of hydrogen-bond donors (Lipinski definition) is 1. The number of nitrogens with zero attached hydrogens (tertiary/aromatic N) is 1. The van der Waals surface area contributed by atoms with Crippen LogP contribution in [0.2, 0.25) is 0 Å². The van der Waals surface area contributed by atoms with Crippen molar-refractivity contribution in [2.45, 2.75) is 25.8 Å². The van der Waals surface area contributed by atoms with Crippen LogP contribution in [-0.4, -0.2) is 4.98 Å². The average Bonchev–Trinajstić information content (AvgIpc) is 2.53. The smallest absolute Gasteiger partial charge is 0.0346 e. The van der Waals surface area contributed by atoms with Crippen molar-refractivity contribution in [1.29, 1.82) is 0 Å². The van der Waals surface area contributed by atoms with Crippen molar-refractivity contribution in [3.63, 3.8) is 0 Å². The highest BCUT2D eigenvalue weighted by Gasteiger charge is 2.11. The van der Waals surface area contributed by atoms with Gasteiger partial charge in [0.15, 0.2) is 0 Å². The molecule has 0 bridgehead atoms. The molecule has 2 nitrogen and oxygen atoms in total. The monoisotopic (exact) mass is 276 g/mol. The summed E-state index contributed by atoms with van der Waals surface area (Å²) < 4.78 is 0.